The molecule has 0 aromatic heterocycles. The van der Waals surface area contributed by atoms with Crippen LogP contribution in [0.3, 0.4) is 0 Å². The molecule has 1 saturated heterocycles. The summed E-state index contributed by atoms with van der Waals surface area (Å²) in [6.45, 7) is 3.76. The van der Waals surface area contributed by atoms with E-state index in [0.717, 1.165) is 24.1 Å². The van der Waals surface area contributed by atoms with Gasteiger partial charge in [0.15, 0.2) is 0 Å². The molecule has 0 saturated carbocycles. The molecule has 5 nitrogen and oxygen atoms in total. The van der Waals surface area contributed by atoms with Gasteiger partial charge in [-0.05, 0) is 17.7 Å². The number of anilines is 1. The van der Waals surface area contributed by atoms with Gasteiger partial charge in [-0.15, -0.1) is 0 Å². The Morgan fingerprint density at radius 3 is 2.54 bits per heavy atom. The number of nitrogens with zero attached hydrogens (tertiary/aromatic N) is 1. The molecular formula is C19H25NO4. The Kier molecular flexibility index (Phi) is 6.80. The van der Waals surface area contributed by atoms with E-state index in [2.05, 4.69) is 11.8 Å². The van der Waals surface area contributed by atoms with E-state index in [-0.39, 0.29) is 11.5 Å². The van der Waals surface area contributed by atoms with Gasteiger partial charge in [0.05, 0.1) is 19.8 Å². The molecule has 1 fully saturated rings. The first kappa shape index (κ1) is 18.5. The lowest BCUT2D eigenvalue weighted by Crippen LogP contribution is -2.36. The molecular weight excluding hydrogens is 306 g/mol. The molecule has 0 bridgehead atoms. The van der Waals surface area contributed by atoms with Crippen molar-refractivity contribution in [1.82, 2.24) is 0 Å². The van der Waals surface area contributed by atoms with Crippen LogP contribution in [0.5, 0.6) is 0 Å². The molecule has 0 N–H and O–H groups in total. The number of carbonyl (C=O) groups is 1. The lowest BCUT2D eigenvalue weighted by Gasteiger charge is -2.30. The van der Waals surface area contributed by atoms with Crippen molar-refractivity contribution < 1.29 is 19.0 Å². The predicted octanol–water partition coefficient (Wildman–Crippen LogP) is 2.38. The minimum atomic E-state index is -0.388. The minimum Gasteiger partial charge on any atom is -0.381 e. The number of amides is 1. The summed E-state index contributed by atoms with van der Waals surface area (Å²) in [6, 6.07) is 7.73. The van der Waals surface area contributed by atoms with Gasteiger partial charge in [-0.1, -0.05) is 24.0 Å². The average Bonchev–Trinajstić information content (AvgIpc) is 2.62. The van der Waals surface area contributed by atoms with Gasteiger partial charge in [-0.2, -0.15) is 0 Å². The van der Waals surface area contributed by atoms with E-state index >= 15 is 0 Å². The van der Waals surface area contributed by atoms with Gasteiger partial charge < -0.3 is 19.1 Å². The summed E-state index contributed by atoms with van der Waals surface area (Å²) >= 11 is 0. The number of hydrogen-bond donors (Lipinski definition) is 0. The van der Waals surface area contributed by atoms with Crippen LogP contribution in [-0.4, -0.2) is 45.5 Å². The van der Waals surface area contributed by atoms with Gasteiger partial charge in [-0.3, -0.25) is 4.79 Å². The first-order valence-electron chi connectivity index (χ1n) is 8.10. The Hall–Kier alpha value is -1.87. The topological polar surface area (TPSA) is 48.0 Å². The van der Waals surface area contributed by atoms with Gasteiger partial charge in [0.2, 0.25) is 5.91 Å². The molecule has 1 amide bonds. The molecule has 1 aromatic carbocycles. The number of methoxy groups -OCH3 is 1. The van der Waals surface area contributed by atoms with Crippen molar-refractivity contribution in [2.45, 2.75) is 32.0 Å². The summed E-state index contributed by atoms with van der Waals surface area (Å²) in [7, 11) is 3.45. The van der Waals surface area contributed by atoms with E-state index in [1.165, 1.54) is 0 Å². The van der Waals surface area contributed by atoms with Crippen LogP contribution in [0.4, 0.5) is 5.69 Å². The van der Waals surface area contributed by atoms with Gasteiger partial charge >= 0.3 is 0 Å². The van der Waals surface area contributed by atoms with Crippen LogP contribution in [0.1, 0.15) is 25.3 Å². The molecule has 0 radical (unpaired) electrons. The van der Waals surface area contributed by atoms with E-state index in [1.54, 1.807) is 26.0 Å². The van der Waals surface area contributed by atoms with Gasteiger partial charge in [-0.25, -0.2) is 0 Å². The largest absolute Gasteiger partial charge is 0.381 e. The van der Waals surface area contributed by atoms with Gasteiger partial charge in [0.25, 0.3) is 0 Å². The van der Waals surface area contributed by atoms with E-state index in [9.17, 15) is 4.79 Å². The van der Waals surface area contributed by atoms with E-state index in [1.807, 2.05) is 24.3 Å². The van der Waals surface area contributed by atoms with E-state index in [0.29, 0.717) is 26.4 Å². The van der Waals surface area contributed by atoms with Crippen LogP contribution in [0.2, 0.25) is 0 Å². The van der Waals surface area contributed by atoms with Crippen LogP contribution in [0.15, 0.2) is 24.3 Å². The third-order valence-corrected chi connectivity index (χ3v) is 4.25. The number of benzene rings is 1. The molecule has 1 aromatic rings. The molecule has 0 atom stereocenters. The fraction of sp³-hybridized carbons (Fsp3) is 0.526. The zero-order valence-corrected chi connectivity index (χ0v) is 14.6. The molecule has 5 heteroatoms. The van der Waals surface area contributed by atoms with Crippen molar-refractivity contribution in [1.29, 1.82) is 0 Å². The monoisotopic (exact) mass is 331 g/mol. The van der Waals surface area contributed by atoms with E-state index < -0.39 is 0 Å². The van der Waals surface area contributed by atoms with Crippen molar-refractivity contribution in [3.8, 4) is 11.8 Å². The lowest BCUT2D eigenvalue weighted by molar-refractivity contribution is -0.116. The van der Waals surface area contributed by atoms with Crippen LogP contribution in [0.25, 0.3) is 0 Å². The average molecular weight is 331 g/mol. The summed E-state index contributed by atoms with van der Waals surface area (Å²) < 4.78 is 16.5. The van der Waals surface area contributed by atoms with Crippen LogP contribution in [-0.2, 0) is 25.6 Å². The predicted molar refractivity (Wildman–Crippen MR) is 92.8 cm³/mol. The summed E-state index contributed by atoms with van der Waals surface area (Å²) in [4.78, 5) is 12.9. The molecule has 1 aliphatic rings. The Balaban J connectivity index is 1.80. The highest BCUT2D eigenvalue weighted by Crippen LogP contribution is 2.23. The number of carbonyl (C=O) groups excluding carboxylic acids is 1. The molecule has 2 rings (SSSR count). The van der Waals surface area contributed by atoms with E-state index in [4.69, 9.17) is 14.2 Å². The molecule has 0 spiro atoms. The fourth-order valence-corrected chi connectivity index (χ4v) is 2.50. The molecule has 0 unspecified atom stereocenters. The van der Waals surface area contributed by atoms with Crippen molar-refractivity contribution >= 4 is 11.6 Å². The van der Waals surface area contributed by atoms with Crippen LogP contribution in [0, 0.1) is 11.8 Å². The highest BCUT2D eigenvalue weighted by molar-refractivity contribution is 5.90. The Morgan fingerprint density at radius 1 is 1.29 bits per heavy atom. The van der Waals surface area contributed by atoms with Crippen molar-refractivity contribution in [3.05, 3.63) is 29.8 Å². The molecule has 24 heavy (non-hydrogen) atoms. The second-order valence-corrected chi connectivity index (χ2v) is 5.85. The lowest BCUT2D eigenvalue weighted by atomic mass is 9.95. The SMILES string of the molecule is COC1(C#CCOCc2ccc(N(C)C(C)=O)cc2)CCOCC1. The van der Waals surface area contributed by atoms with Crippen LogP contribution >= 0.6 is 0 Å². The van der Waals surface area contributed by atoms with Gasteiger partial charge in [0.1, 0.15) is 12.2 Å². The standard InChI is InChI=1S/C19H25NO4/c1-16(21)20(2)18-7-5-17(6-8-18)15-24-12-4-9-19(22-3)10-13-23-14-11-19/h5-8H,10-15H2,1-3H3. The molecule has 0 aliphatic carbocycles. The maximum absolute atomic E-state index is 11.3. The molecule has 1 heterocycles. The van der Waals surface area contributed by atoms with Crippen molar-refractivity contribution in [3.63, 3.8) is 0 Å². The summed E-state index contributed by atoms with van der Waals surface area (Å²) in [5.74, 6) is 6.25. The highest BCUT2D eigenvalue weighted by atomic mass is 16.5. The summed E-state index contributed by atoms with van der Waals surface area (Å²) in [5, 5.41) is 0. The fourth-order valence-electron chi connectivity index (χ4n) is 2.50. The first-order chi connectivity index (χ1) is 11.6. The Morgan fingerprint density at radius 2 is 1.96 bits per heavy atom. The van der Waals surface area contributed by atoms with Crippen molar-refractivity contribution in [2.24, 2.45) is 0 Å². The maximum Gasteiger partial charge on any atom is 0.223 e. The number of hydrogen-bond acceptors (Lipinski definition) is 4. The third-order valence-electron chi connectivity index (χ3n) is 4.25. The second-order valence-electron chi connectivity index (χ2n) is 5.85. The first-order valence-corrected chi connectivity index (χ1v) is 8.10. The minimum absolute atomic E-state index is 0.00876. The number of ether oxygens (including phenoxy) is 3. The normalized spacial score (nSPS) is 16.1. The smallest absolute Gasteiger partial charge is 0.223 e. The summed E-state index contributed by atoms with van der Waals surface area (Å²) in [6.07, 6.45) is 1.59. The Labute approximate surface area is 143 Å². The zero-order valence-electron chi connectivity index (χ0n) is 14.6. The zero-order chi connectivity index (χ0) is 17.4. The van der Waals surface area contributed by atoms with Crippen molar-refractivity contribution in [2.75, 3.05) is 38.9 Å². The van der Waals surface area contributed by atoms with Crippen LogP contribution < -0.4 is 4.90 Å². The summed E-state index contributed by atoms with van der Waals surface area (Å²) in [5.41, 5.74) is 1.53. The third kappa shape index (κ3) is 5.07. The molecule has 1 aliphatic heterocycles. The number of rotatable bonds is 5. The second kappa shape index (κ2) is 8.84. The molecule has 130 valence electrons. The maximum atomic E-state index is 11.3. The highest BCUT2D eigenvalue weighted by Gasteiger charge is 2.30. The van der Waals surface area contributed by atoms with Gasteiger partial charge in [0, 0.05) is 39.6 Å². The quantitative estimate of drug-likeness (QED) is 0.614. The Bertz CT molecular complexity index is 594.